The van der Waals surface area contributed by atoms with Crippen LogP contribution in [-0.2, 0) is 9.59 Å². The van der Waals surface area contributed by atoms with E-state index >= 15 is 0 Å². The number of rotatable bonds is 6. The van der Waals surface area contributed by atoms with E-state index in [1.807, 2.05) is 6.92 Å². The van der Waals surface area contributed by atoms with Crippen LogP contribution in [0, 0.1) is 11.8 Å². The fourth-order valence-electron chi connectivity index (χ4n) is 6.44. The summed E-state index contributed by atoms with van der Waals surface area (Å²) in [6.07, 6.45) is 13.7. The highest BCUT2D eigenvalue weighted by atomic mass is 16.2. The lowest BCUT2D eigenvalue weighted by Crippen LogP contribution is -2.57. The van der Waals surface area contributed by atoms with Gasteiger partial charge in [-0.05, 0) is 77.4 Å². The molecule has 5 atom stereocenters. The molecule has 4 rings (SSSR count). The molecule has 30 heavy (non-hydrogen) atoms. The van der Waals surface area contributed by atoms with Crippen LogP contribution >= 0.6 is 0 Å². The van der Waals surface area contributed by atoms with Crippen molar-refractivity contribution in [1.29, 1.82) is 0 Å². The van der Waals surface area contributed by atoms with Gasteiger partial charge in [0.05, 0.1) is 6.04 Å². The van der Waals surface area contributed by atoms with Crippen LogP contribution in [-0.4, -0.2) is 72.5 Å². The van der Waals surface area contributed by atoms with Crippen molar-refractivity contribution in [2.24, 2.45) is 11.8 Å². The van der Waals surface area contributed by atoms with Gasteiger partial charge < -0.3 is 20.4 Å². The minimum atomic E-state index is -0.352. The highest BCUT2D eigenvalue weighted by Crippen LogP contribution is 2.40. The SMILES string of the molecule is CN[C@@H](C)C(=O)N[C@H]1CCC[C@H]2C[C@H]3CCN(CCC4CCCCC4)C[C@H]3N2C1=O. The van der Waals surface area contributed by atoms with Crippen LogP contribution in [0.3, 0.4) is 0 Å². The molecule has 0 unspecified atom stereocenters. The Labute approximate surface area is 182 Å². The predicted molar refractivity (Wildman–Crippen MR) is 119 cm³/mol. The normalized spacial score (nSPS) is 34.2. The molecule has 0 radical (unpaired) electrons. The van der Waals surface area contributed by atoms with Gasteiger partial charge in [0.25, 0.3) is 0 Å². The van der Waals surface area contributed by atoms with Crippen molar-refractivity contribution in [2.45, 2.75) is 102 Å². The second kappa shape index (κ2) is 9.99. The first-order valence-corrected chi connectivity index (χ1v) is 12.6. The molecule has 2 amide bonds. The quantitative estimate of drug-likeness (QED) is 0.696. The highest BCUT2D eigenvalue weighted by Gasteiger charge is 2.48. The van der Waals surface area contributed by atoms with Crippen LogP contribution in [0.25, 0.3) is 0 Å². The van der Waals surface area contributed by atoms with E-state index < -0.39 is 0 Å². The number of nitrogens with zero attached hydrogens (tertiary/aromatic N) is 2. The lowest BCUT2D eigenvalue weighted by molar-refractivity contribution is -0.139. The van der Waals surface area contributed by atoms with E-state index in [0.717, 1.165) is 31.7 Å². The van der Waals surface area contributed by atoms with E-state index in [0.29, 0.717) is 18.0 Å². The molecule has 2 N–H and O–H groups in total. The molecule has 6 nitrogen and oxygen atoms in total. The van der Waals surface area contributed by atoms with Crippen molar-refractivity contribution in [3.63, 3.8) is 0 Å². The maximum absolute atomic E-state index is 13.5. The van der Waals surface area contributed by atoms with Crippen molar-refractivity contribution in [3.05, 3.63) is 0 Å². The molecule has 6 heteroatoms. The molecule has 4 fully saturated rings. The number of amides is 2. The van der Waals surface area contributed by atoms with Gasteiger partial charge in [-0.3, -0.25) is 9.59 Å². The van der Waals surface area contributed by atoms with E-state index in [-0.39, 0.29) is 23.9 Å². The summed E-state index contributed by atoms with van der Waals surface area (Å²) in [5.41, 5.74) is 0. The molecule has 0 bridgehead atoms. The lowest BCUT2D eigenvalue weighted by Gasteiger charge is -2.40. The molecular formula is C24H42N4O2. The minimum absolute atomic E-state index is 0.0669. The Bertz CT molecular complexity index is 606. The smallest absolute Gasteiger partial charge is 0.245 e. The standard InChI is InChI=1S/C24H42N4O2/c1-17(25-2)23(29)26-21-10-6-9-20-15-19-12-14-27(16-22(19)28(20)24(21)30)13-11-18-7-4-3-5-8-18/h17-22,25H,3-16H2,1-2H3,(H,26,29)/t17-,19+,20-,21-,22+/m0/s1. The van der Waals surface area contributed by atoms with Crippen molar-refractivity contribution in [3.8, 4) is 0 Å². The molecule has 3 aliphatic heterocycles. The Balaban J connectivity index is 1.37. The number of piperidine rings is 1. The molecule has 0 aromatic rings. The maximum atomic E-state index is 13.5. The Morgan fingerprint density at radius 3 is 2.67 bits per heavy atom. The molecule has 0 aromatic heterocycles. The number of hydrogen-bond donors (Lipinski definition) is 2. The third kappa shape index (κ3) is 4.85. The molecular weight excluding hydrogens is 376 g/mol. The number of carbonyl (C=O) groups is 2. The molecule has 0 aromatic carbocycles. The second-order valence-electron chi connectivity index (χ2n) is 10.3. The maximum Gasteiger partial charge on any atom is 0.245 e. The summed E-state index contributed by atoms with van der Waals surface area (Å²) in [5, 5.41) is 6.02. The van der Waals surface area contributed by atoms with Gasteiger partial charge in [0.15, 0.2) is 0 Å². The average Bonchev–Trinajstić information content (AvgIpc) is 3.06. The number of likely N-dealkylation sites (N-methyl/N-ethyl adjacent to an activating group) is 1. The van der Waals surface area contributed by atoms with Gasteiger partial charge >= 0.3 is 0 Å². The molecule has 170 valence electrons. The van der Waals surface area contributed by atoms with Crippen molar-refractivity contribution < 1.29 is 9.59 Å². The number of nitrogens with one attached hydrogen (secondary N) is 2. The van der Waals surface area contributed by atoms with Gasteiger partial charge in [0, 0.05) is 18.6 Å². The molecule has 3 heterocycles. The monoisotopic (exact) mass is 418 g/mol. The average molecular weight is 419 g/mol. The second-order valence-corrected chi connectivity index (χ2v) is 10.3. The van der Waals surface area contributed by atoms with Crippen LogP contribution in [0.2, 0.25) is 0 Å². The zero-order chi connectivity index (χ0) is 21.1. The van der Waals surface area contributed by atoms with Gasteiger partial charge in [0.2, 0.25) is 11.8 Å². The Morgan fingerprint density at radius 2 is 1.90 bits per heavy atom. The highest BCUT2D eigenvalue weighted by molar-refractivity contribution is 5.90. The van der Waals surface area contributed by atoms with Crippen LogP contribution in [0.1, 0.15) is 77.6 Å². The van der Waals surface area contributed by atoms with Crippen LogP contribution in [0.15, 0.2) is 0 Å². The predicted octanol–water partition coefficient (Wildman–Crippen LogP) is 2.52. The summed E-state index contributed by atoms with van der Waals surface area (Å²) >= 11 is 0. The third-order valence-electron chi connectivity index (χ3n) is 8.43. The summed E-state index contributed by atoms with van der Waals surface area (Å²) in [7, 11) is 1.78. The first-order chi connectivity index (χ1) is 14.6. The molecule has 0 spiro atoms. The minimum Gasteiger partial charge on any atom is -0.343 e. The first kappa shape index (κ1) is 22.1. The number of carbonyl (C=O) groups excluding carboxylic acids is 2. The van der Waals surface area contributed by atoms with Gasteiger partial charge in [-0.25, -0.2) is 0 Å². The Hall–Kier alpha value is -1.14. The van der Waals surface area contributed by atoms with Crippen LogP contribution in [0.4, 0.5) is 0 Å². The third-order valence-corrected chi connectivity index (χ3v) is 8.43. The van der Waals surface area contributed by atoms with Crippen LogP contribution < -0.4 is 10.6 Å². The largest absolute Gasteiger partial charge is 0.343 e. The van der Waals surface area contributed by atoms with E-state index in [9.17, 15) is 9.59 Å². The van der Waals surface area contributed by atoms with Crippen molar-refractivity contribution in [1.82, 2.24) is 20.4 Å². The lowest BCUT2D eigenvalue weighted by atomic mass is 9.86. The van der Waals surface area contributed by atoms with Gasteiger partial charge in [-0.15, -0.1) is 0 Å². The zero-order valence-electron chi connectivity index (χ0n) is 19.1. The molecule has 3 saturated heterocycles. The summed E-state index contributed by atoms with van der Waals surface area (Å²) < 4.78 is 0. The first-order valence-electron chi connectivity index (χ1n) is 12.6. The van der Waals surface area contributed by atoms with E-state index in [4.69, 9.17) is 0 Å². The van der Waals surface area contributed by atoms with E-state index in [1.54, 1.807) is 7.05 Å². The number of fused-ring (bicyclic) bond motifs is 3. The number of likely N-dealkylation sites (tertiary alicyclic amines) is 1. The topological polar surface area (TPSA) is 64.7 Å². The van der Waals surface area contributed by atoms with Crippen molar-refractivity contribution >= 4 is 11.8 Å². The van der Waals surface area contributed by atoms with E-state index in [2.05, 4.69) is 20.4 Å². The fourth-order valence-corrected chi connectivity index (χ4v) is 6.44. The van der Waals surface area contributed by atoms with Crippen LogP contribution in [0.5, 0.6) is 0 Å². The summed E-state index contributed by atoms with van der Waals surface area (Å²) in [5.74, 6) is 1.68. The zero-order valence-corrected chi connectivity index (χ0v) is 19.1. The molecule has 4 aliphatic rings. The molecule has 1 aliphatic carbocycles. The Kier molecular flexibility index (Phi) is 7.35. The summed E-state index contributed by atoms with van der Waals surface area (Å²) in [4.78, 5) is 30.8. The summed E-state index contributed by atoms with van der Waals surface area (Å²) in [6.45, 7) is 5.27. The summed E-state index contributed by atoms with van der Waals surface area (Å²) in [6, 6.07) is 0.110. The van der Waals surface area contributed by atoms with Gasteiger partial charge in [-0.1, -0.05) is 32.1 Å². The van der Waals surface area contributed by atoms with Gasteiger partial charge in [0.1, 0.15) is 6.04 Å². The van der Waals surface area contributed by atoms with E-state index in [1.165, 1.54) is 64.5 Å². The fraction of sp³-hybridized carbons (Fsp3) is 0.917. The van der Waals surface area contributed by atoms with Crippen molar-refractivity contribution in [2.75, 3.05) is 26.7 Å². The van der Waals surface area contributed by atoms with Gasteiger partial charge in [-0.2, -0.15) is 0 Å². The number of hydrogen-bond acceptors (Lipinski definition) is 4. The molecule has 1 saturated carbocycles. The Morgan fingerprint density at radius 1 is 1.10 bits per heavy atom.